The van der Waals surface area contributed by atoms with Crippen LogP contribution in [0.3, 0.4) is 0 Å². The monoisotopic (exact) mass is 482 g/mol. The fourth-order valence-electron chi connectivity index (χ4n) is 3.56. The van der Waals surface area contributed by atoms with E-state index in [4.69, 9.17) is 9.47 Å². The number of benzene rings is 1. The number of carbonyl (C=O) groups is 2. The first-order valence-corrected chi connectivity index (χ1v) is 12.8. The molecule has 0 aromatic heterocycles. The van der Waals surface area contributed by atoms with E-state index in [9.17, 15) is 19.8 Å². The van der Waals surface area contributed by atoms with Gasteiger partial charge in [-0.05, 0) is 25.5 Å². The molecule has 1 aromatic rings. The summed E-state index contributed by atoms with van der Waals surface area (Å²) >= 11 is 0. The van der Waals surface area contributed by atoms with Crippen LogP contribution in [0.25, 0.3) is 0 Å². The van der Waals surface area contributed by atoms with Gasteiger partial charge in [0, 0.05) is 28.7 Å². The Morgan fingerprint density at radius 3 is 2.72 bits per heavy atom. The summed E-state index contributed by atoms with van der Waals surface area (Å²) in [6.45, 7) is 7.58. The fourth-order valence-corrected chi connectivity index (χ4v) is 5.73. The average Bonchev–Trinajstić information content (AvgIpc) is 3.16. The van der Waals surface area contributed by atoms with Crippen LogP contribution >= 0.6 is 21.6 Å². The zero-order valence-electron chi connectivity index (χ0n) is 18.6. The molecule has 1 fully saturated rings. The van der Waals surface area contributed by atoms with Gasteiger partial charge in [0.1, 0.15) is 18.4 Å². The predicted molar refractivity (Wildman–Crippen MR) is 124 cm³/mol. The second-order valence-electron chi connectivity index (χ2n) is 8.07. The smallest absolute Gasteiger partial charge is 0.338 e. The maximum absolute atomic E-state index is 13.1. The highest BCUT2D eigenvalue weighted by Crippen LogP contribution is 2.41. The third-order valence-electron chi connectivity index (χ3n) is 5.21. The van der Waals surface area contributed by atoms with Crippen molar-refractivity contribution in [1.29, 1.82) is 0 Å². The minimum absolute atomic E-state index is 0.0904. The van der Waals surface area contributed by atoms with Gasteiger partial charge in [-0.15, -0.1) is 0 Å². The summed E-state index contributed by atoms with van der Waals surface area (Å²) < 4.78 is 11.6. The van der Waals surface area contributed by atoms with Crippen LogP contribution in [-0.4, -0.2) is 63.6 Å². The van der Waals surface area contributed by atoms with Gasteiger partial charge in [-0.2, -0.15) is 0 Å². The lowest BCUT2D eigenvalue weighted by Crippen LogP contribution is -2.53. The summed E-state index contributed by atoms with van der Waals surface area (Å²) in [7, 11) is 3.46. The molecule has 3 rings (SSSR count). The number of aliphatic hydroxyl groups is 2. The highest BCUT2D eigenvalue weighted by molar-refractivity contribution is 8.77. The first kappa shape index (κ1) is 24.9. The molecule has 2 aliphatic heterocycles. The minimum Gasteiger partial charge on any atom is -0.456 e. The number of hydrogen-bond donors (Lipinski definition) is 3. The number of esters is 1. The van der Waals surface area contributed by atoms with Crippen LogP contribution < -0.4 is 5.32 Å². The minimum atomic E-state index is -1.26. The summed E-state index contributed by atoms with van der Waals surface area (Å²) in [6.07, 6.45) is -1.61. The van der Waals surface area contributed by atoms with Crippen LogP contribution in [0.4, 0.5) is 0 Å². The van der Waals surface area contributed by atoms with E-state index in [-0.39, 0.29) is 24.2 Å². The Morgan fingerprint density at radius 2 is 2.03 bits per heavy atom. The van der Waals surface area contributed by atoms with E-state index < -0.39 is 30.8 Å². The SMILES string of the molecule is CC1=CN([C@H]2C[C@@H](OC(=O)c3ccccc3C(C)SSC(C)C)[C@@H](CO)O2)C(O)NC1=O. The summed E-state index contributed by atoms with van der Waals surface area (Å²) in [4.78, 5) is 26.2. The third kappa shape index (κ3) is 5.79. The molecule has 1 saturated heterocycles. The Kier molecular flexibility index (Phi) is 8.51. The van der Waals surface area contributed by atoms with Crippen LogP contribution in [0.2, 0.25) is 0 Å². The first-order chi connectivity index (χ1) is 15.2. The topological polar surface area (TPSA) is 108 Å². The lowest BCUT2D eigenvalue weighted by atomic mass is 10.0. The number of aliphatic hydroxyl groups excluding tert-OH is 2. The summed E-state index contributed by atoms with van der Waals surface area (Å²) in [5.74, 6) is -0.845. The van der Waals surface area contributed by atoms with Gasteiger partial charge >= 0.3 is 5.97 Å². The van der Waals surface area contributed by atoms with Gasteiger partial charge in [-0.1, -0.05) is 53.6 Å². The van der Waals surface area contributed by atoms with E-state index >= 15 is 0 Å². The van der Waals surface area contributed by atoms with E-state index in [2.05, 4.69) is 26.1 Å². The van der Waals surface area contributed by atoms with E-state index in [1.54, 1.807) is 40.6 Å². The van der Waals surface area contributed by atoms with Crippen LogP contribution in [0.1, 0.15) is 55.3 Å². The van der Waals surface area contributed by atoms with Gasteiger partial charge in [0.2, 0.25) is 6.35 Å². The molecule has 10 heteroatoms. The Balaban J connectivity index is 1.72. The van der Waals surface area contributed by atoms with Gasteiger partial charge in [0.05, 0.1) is 12.2 Å². The molecule has 2 unspecified atom stereocenters. The van der Waals surface area contributed by atoms with Gasteiger partial charge in [0.15, 0.2) is 0 Å². The maximum Gasteiger partial charge on any atom is 0.338 e. The number of nitrogens with zero attached hydrogens (tertiary/aromatic N) is 1. The molecule has 8 nitrogen and oxygen atoms in total. The van der Waals surface area contributed by atoms with Crippen molar-refractivity contribution >= 4 is 33.5 Å². The van der Waals surface area contributed by atoms with Gasteiger partial charge in [0.25, 0.3) is 5.91 Å². The first-order valence-electron chi connectivity index (χ1n) is 10.5. The van der Waals surface area contributed by atoms with Crippen molar-refractivity contribution in [2.75, 3.05) is 6.61 Å². The molecule has 0 spiro atoms. The molecule has 0 radical (unpaired) electrons. The number of amides is 1. The molecule has 1 aromatic carbocycles. The zero-order chi connectivity index (χ0) is 23.4. The highest BCUT2D eigenvalue weighted by atomic mass is 33.1. The molecule has 0 saturated carbocycles. The van der Waals surface area contributed by atoms with Gasteiger partial charge in [-0.25, -0.2) is 4.79 Å². The van der Waals surface area contributed by atoms with Crippen LogP contribution in [-0.2, 0) is 14.3 Å². The second-order valence-corrected chi connectivity index (χ2v) is 11.3. The molecular formula is C22H30N2O6S2. The van der Waals surface area contributed by atoms with Crippen molar-refractivity contribution in [2.45, 2.75) is 69.4 Å². The van der Waals surface area contributed by atoms with Gasteiger partial charge in [-0.3, -0.25) is 4.79 Å². The van der Waals surface area contributed by atoms with Crippen LogP contribution in [0.5, 0.6) is 0 Å². The molecule has 1 amide bonds. The van der Waals surface area contributed by atoms with E-state index in [0.717, 1.165) is 5.56 Å². The highest BCUT2D eigenvalue weighted by Gasteiger charge is 2.42. The zero-order valence-corrected chi connectivity index (χ0v) is 20.2. The number of nitrogens with one attached hydrogen (secondary N) is 1. The quantitative estimate of drug-likeness (QED) is 0.381. The summed E-state index contributed by atoms with van der Waals surface area (Å²) in [6, 6.07) is 7.36. The van der Waals surface area contributed by atoms with Crippen molar-refractivity contribution in [2.24, 2.45) is 0 Å². The normalized spacial score (nSPS) is 26.7. The average molecular weight is 483 g/mol. The van der Waals surface area contributed by atoms with Crippen molar-refractivity contribution in [3.8, 4) is 0 Å². The number of carbonyl (C=O) groups excluding carboxylic acids is 2. The molecule has 2 aliphatic rings. The van der Waals surface area contributed by atoms with E-state index in [1.165, 1.54) is 11.1 Å². The largest absolute Gasteiger partial charge is 0.456 e. The molecule has 0 bridgehead atoms. The second kappa shape index (κ2) is 10.9. The number of rotatable bonds is 8. The third-order valence-corrected chi connectivity index (χ3v) is 8.60. The summed E-state index contributed by atoms with van der Waals surface area (Å²) in [5, 5.41) is 23.0. The van der Waals surface area contributed by atoms with Crippen molar-refractivity contribution in [3.63, 3.8) is 0 Å². The van der Waals surface area contributed by atoms with E-state index in [1.807, 2.05) is 12.1 Å². The van der Waals surface area contributed by atoms with Gasteiger partial charge < -0.3 is 29.9 Å². The molecular weight excluding hydrogens is 452 g/mol. The Morgan fingerprint density at radius 1 is 1.31 bits per heavy atom. The van der Waals surface area contributed by atoms with Crippen molar-refractivity contribution < 1.29 is 29.3 Å². The standard InChI is InChI=1S/C22H30N2O6S2/c1-12(2)31-32-14(4)15-7-5-6-8-16(15)21(27)30-17-9-19(29-18(17)11-25)24-10-13(3)20(26)23-22(24)28/h5-8,10,12,14,17-19,22,25,28H,9,11H2,1-4H3,(H,23,26)/t14?,17-,18-,19-,22?/m1/s1. The molecule has 176 valence electrons. The number of ether oxygens (including phenoxy) is 2. The van der Waals surface area contributed by atoms with E-state index in [0.29, 0.717) is 16.4 Å². The lowest BCUT2D eigenvalue weighted by molar-refractivity contribution is -0.143. The van der Waals surface area contributed by atoms with Crippen molar-refractivity contribution in [3.05, 3.63) is 47.2 Å². The lowest BCUT2D eigenvalue weighted by Gasteiger charge is -2.35. The number of hydrogen-bond acceptors (Lipinski definition) is 9. The Labute approximate surface area is 196 Å². The Hall–Kier alpha value is -1.72. The fraction of sp³-hybridized carbons (Fsp3) is 0.545. The predicted octanol–water partition coefficient (Wildman–Crippen LogP) is 2.78. The van der Waals surface area contributed by atoms with Crippen LogP contribution in [0, 0.1) is 0 Å². The maximum atomic E-state index is 13.1. The molecule has 2 heterocycles. The molecule has 32 heavy (non-hydrogen) atoms. The molecule has 3 N–H and O–H groups in total. The molecule has 0 aliphatic carbocycles. The molecule has 5 atom stereocenters. The summed E-state index contributed by atoms with van der Waals surface area (Å²) in [5.41, 5.74) is 1.79. The Bertz CT molecular complexity index is 865. The van der Waals surface area contributed by atoms with Crippen molar-refractivity contribution in [1.82, 2.24) is 10.2 Å². The van der Waals surface area contributed by atoms with Crippen LogP contribution in [0.15, 0.2) is 36.0 Å².